The van der Waals surface area contributed by atoms with E-state index in [9.17, 15) is 5.11 Å². The molecule has 1 heterocycles. The first kappa shape index (κ1) is 21.8. The predicted octanol–water partition coefficient (Wildman–Crippen LogP) is 4.44. The fourth-order valence-corrected chi connectivity index (χ4v) is 5.45. The fourth-order valence-electron chi connectivity index (χ4n) is 2.48. The molecule has 0 bridgehead atoms. The van der Waals surface area contributed by atoms with Crippen molar-refractivity contribution >= 4 is 51.0 Å². The molecule has 1 radical (unpaired) electrons. The van der Waals surface area contributed by atoms with Crippen LogP contribution in [0.4, 0.5) is 0 Å². The van der Waals surface area contributed by atoms with Crippen molar-refractivity contribution in [1.82, 2.24) is 0 Å². The van der Waals surface area contributed by atoms with Gasteiger partial charge >= 0.3 is 159 Å². The minimum atomic E-state index is -2.90. The van der Waals surface area contributed by atoms with Gasteiger partial charge in [-0.05, 0) is 0 Å². The maximum atomic E-state index is 10.3. The largest absolute Gasteiger partial charge is 0 e. The Kier molecular flexibility index (Phi) is 6.55. The number of hydrogen-bond donors (Lipinski definition) is 1. The second kappa shape index (κ2) is 7.83. The third-order valence-electron chi connectivity index (χ3n) is 4.15. The zero-order valence-corrected chi connectivity index (χ0v) is 21.1. The van der Waals surface area contributed by atoms with Crippen molar-refractivity contribution in [3.63, 3.8) is 0 Å². The van der Waals surface area contributed by atoms with Crippen LogP contribution in [0.2, 0.25) is 0 Å². The topological polar surface area (TPSA) is 47.9 Å². The van der Waals surface area contributed by atoms with Crippen molar-refractivity contribution in [2.24, 2.45) is 0 Å². The van der Waals surface area contributed by atoms with Crippen molar-refractivity contribution in [2.45, 2.75) is 52.4 Å². The van der Waals surface area contributed by atoms with Gasteiger partial charge in [-0.15, -0.1) is 0 Å². The molecule has 0 spiro atoms. The van der Waals surface area contributed by atoms with E-state index < -0.39 is 21.5 Å². The first-order valence-electron chi connectivity index (χ1n) is 8.36. The Morgan fingerprint density at radius 2 is 1.35 bits per heavy atom. The van der Waals surface area contributed by atoms with E-state index in [4.69, 9.17) is 9.05 Å². The normalized spacial score (nSPS) is 14.1. The molecular weight excluding hydrogens is 449 g/mol. The molecular formula is C20H25NaO4Sb. The number of rotatable bonds is 2. The maximum absolute atomic E-state index is 10.3. The minimum absolute atomic E-state index is 0. The number of phenolic OH excluding ortho intramolecular Hbond substituents is 1. The van der Waals surface area contributed by atoms with Crippen LogP contribution in [0, 0.1) is 0 Å². The number of fused-ring (bicyclic) bond motifs is 1. The summed E-state index contributed by atoms with van der Waals surface area (Å²) in [7, 11) is 0. The summed E-state index contributed by atoms with van der Waals surface area (Å²) < 4.78 is 17.7. The van der Waals surface area contributed by atoms with E-state index in [1.165, 1.54) is 5.56 Å². The van der Waals surface area contributed by atoms with Gasteiger partial charge in [-0.25, -0.2) is 0 Å². The first-order valence-corrected chi connectivity index (χ1v) is 11.5. The van der Waals surface area contributed by atoms with Gasteiger partial charge in [0.15, 0.2) is 0 Å². The fraction of sp³-hybridized carbons (Fsp3) is 0.400. The number of benzene rings is 2. The van der Waals surface area contributed by atoms with Crippen molar-refractivity contribution in [3.8, 4) is 23.0 Å². The van der Waals surface area contributed by atoms with Crippen LogP contribution in [0.25, 0.3) is 0 Å². The van der Waals surface area contributed by atoms with Crippen LogP contribution in [0.5, 0.6) is 23.0 Å². The molecule has 0 fully saturated rings. The molecule has 4 nitrogen and oxygen atoms in total. The van der Waals surface area contributed by atoms with Crippen LogP contribution in [0.15, 0.2) is 36.4 Å². The molecule has 0 aliphatic carbocycles. The van der Waals surface area contributed by atoms with E-state index >= 15 is 0 Å². The van der Waals surface area contributed by atoms with Crippen LogP contribution in [-0.2, 0) is 10.8 Å². The van der Waals surface area contributed by atoms with Gasteiger partial charge in [-0.3, -0.25) is 0 Å². The van der Waals surface area contributed by atoms with Crippen molar-refractivity contribution < 1.29 is 14.2 Å². The summed E-state index contributed by atoms with van der Waals surface area (Å²) in [6, 6.07) is 11.5. The summed E-state index contributed by atoms with van der Waals surface area (Å²) in [6.45, 7) is 12.8. The van der Waals surface area contributed by atoms with Crippen LogP contribution in [0.1, 0.15) is 52.7 Å². The smallest absolute Gasteiger partial charge is 0 e. The van der Waals surface area contributed by atoms with E-state index in [1.807, 2.05) is 18.2 Å². The Morgan fingerprint density at radius 1 is 0.808 bits per heavy atom. The van der Waals surface area contributed by atoms with E-state index in [2.05, 4.69) is 47.6 Å². The van der Waals surface area contributed by atoms with Gasteiger partial charge in [-0.1, -0.05) is 0 Å². The molecule has 0 saturated heterocycles. The van der Waals surface area contributed by atoms with Crippen LogP contribution < -0.4 is 9.05 Å². The van der Waals surface area contributed by atoms with Crippen molar-refractivity contribution in [2.75, 3.05) is 0 Å². The Bertz CT molecular complexity index is 793. The number of aromatic hydroxyl groups is 1. The molecule has 1 N–H and O–H groups in total. The monoisotopic (exact) mass is 473 g/mol. The Labute approximate surface area is 186 Å². The Morgan fingerprint density at radius 3 is 1.92 bits per heavy atom. The molecule has 2 aromatic carbocycles. The van der Waals surface area contributed by atoms with Gasteiger partial charge < -0.3 is 0 Å². The van der Waals surface area contributed by atoms with Gasteiger partial charge in [-0.2, -0.15) is 0 Å². The third kappa shape index (κ3) is 4.84. The van der Waals surface area contributed by atoms with Crippen LogP contribution in [-0.4, -0.2) is 56.1 Å². The molecule has 0 saturated carbocycles. The quantitative estimate of drug-likeness (QED) is 0.655. The minimum Gasteiger partial charge on any atom is 0 e. The van der Waals surface area contributed by atoms with Crippen LogP contribution >= 0.6 is 0 Å². The molecule has 0 unspecified atom stereocenters. The van der Waals surface area contributed by atoms with Crippen molar-refractivity contribution in [1.29, 1.82) is 0 Å². The van der Waals surface area contributed by atoms with E-state index in [-0.39, 0.29) is 46.1 Å². The molecule has 0 amide bonds. The zero-order valence-electron chi connectivity index (χ0n) is 16.6. The van der Waals surface area contributed by atoms with Gasteiger partial charge in [0.2, 0.25) is 0 Å². The zero-order chi connectivity index (χ0) is 18.4. The maximum Gasteiger partial charge on any atom is 0 e. The molecule has 1 aliphatic heterocycles. The molecule has 0 atom stereocenters. The second-order valence-corrected chi connectivity index (χ2v) is 11.2. The molecule has 135 valence electrons. The molecule has 2 aromatic rings. The summed E-state index contributed by atoms with van der Waals surface area (Å²) >= 11 is -2.90. The summed E-state index contributed by atoms with van der Waals surface area (Å²) in [4.78, 5) is 0. The van der Waals surface area contributed by atoms with Gasteiger partial charge in [0.25, 0.3) is 0 Å². The third-order valence-corrected chi connectivity index (χ3v) is 7.11. The van der Waals surface area contributed by atoms with E-state index in [1.54, 1.807) is 12.1 Å². The predicted molar refractivity (Wildman–Crippen MR) is 105 cm³/mol. The van der Waals surface area contributed by atoms with Gasteiger partial charge in [0, 0.05) is 29.6 Å². The molecule has 6 heteroatoms. The molecule has 1 aliphatic rings. The molecule has 0 aromatic heterocycles. The summed E-state index contributed by atoms with van der Waals surface area (Å²) in [5.41, 5.74) is 2.26. The van der Waals surface area contributed by atoms with E-state index in [0.29, 0.717) is 5.75 Å². The van der Waals surface area contributed by atoms with Gasteiger partial charge in [0.05, 0.1) is 0 Å². The molecule has 26 heavy (non-hydrogen) atoms. The second-order valence-electron chi connectivity index (χ2n) is 8.34. The summed E-state index contributed by atoms with van der Waals surface area (Å²) in [5.74, 6) is 2.00. The number of hydrogen-bond acceptors (Lipinski definition) is 4. The van der Waals surface area contributed by atoms with Gasteiger partial charge in [0.1, 0.15) is 0 Å². The van der Waals surface area contributed by atoms with Crippen LogP contribution in [0.3, 0.4) is 0 Å². The average molecular weight is 474 g/mol. The average Bonchev–Trinajstić information content (AvgIpc) is 2.88. The summed E-state index contributed by atoms with van der Waals surface area (Å²) in [5, 5.41) is 10.3. The molecule has 3 rings (SSSR count). The number of phenols is 1. The van der Waals surface area contributed by atoms with E-state index in [0.717, 1.165) is 17.1 Å². The summed E-state index contributed by atoms with van der Waals surface area (Å²) in [6.07, 6.45) is 0. The Hall–Kier alpha value is -0.542. The van der Waals surface area contributed by atoms with Crippen molar-refractivity contribution in [3.05, 3.63) is 47.5 Å². The standard InChI is InChI=1S/2C10H14O2.Na.Sb/c2*1-10(2,3)7-4-5-8(11)9(12)6-7;;/h2*4-6,11-12H,1-3H3;;/q;;;+3/p-3. The Balaban J connectivity index is 0.00000243. The SMILES string of the molecule is CC(C)(C)c1ccc([O][Sb]2[O]c3ccc(C(C)(C)C)cc3[O]2)c(O)c1.[Na]. The first-order chi connectivity index (χ1) is 11.5.